The van der Waals surface area contributed by atoms with Crippen molar-refractivity contribution in [1.82, 2.24) is 19.6 Å². The fourth-order valence-corrected chi connectivity index (χ4v) is 4.25. The van der Waals surface area contributed by atoms with Gasteiger partial charge >= 0.3 is 6.18 Å². The summed E-state index contributed by atoms with van der Waals surface area (Å²) in [6.07, 6.45) is -2.73. The molecule has 0 bridgehead atoms. The lowest BCUT2D eigenvalue weighted by Gasteiger charge is -2.16. The molecule has 11 heteroatoms. The highest BCUT2D eigenvalue weighted by Gasteiger charge is 2.36. The summed E-state index contributed by atoms with van der Waals surface area (Å²) >= 11 is 0. The Morgan fingerprint density at radius 1 is 1.06 bits per heavy atom. The van der Waals surface area contributed by atoms with E-state index in [0.717, 1.165) is 6.07 Å². The number of Topliss-reactive ketones (excluding diaryl/α,β-unsaturated/α-hetero) is 1. The van der Waals surface area contributed by atoms with Gasteiger partial charge in [0.2, 0.25) is 0 Å². The summed E-state index contributed by atoms with van der Waals surface area (Å²) in [5.41, 5.74) is -0.568. The van der Waals surface area contributed by atoms with Crippen LogP contribution in [0.4, 0.5) is 23.4 Å². The Labute approximate surface area is 202 Å². The first-order valence-corrected chi connectivity index (χ1v) is 11.0. The first kappa shape index (κ1) is 23.5. The number of rotatable bonds is 4. The van der Waals surface area contributed by atoms with Crippen LogP contribution in [0.25, 0.3) is 16.9 Å². The van der Waals surface area contributed by atoms with Crippen LogP contribution in [0, 0.1) is 5.82 Å². The second-order valence-electron chi connectivity index (χ2n) is 8.44. The fourth-order valence-electron chi connectivity index (χ4n) is 4.25. The van der Waals surface area contributed by atoms with Gasteiger partial charge < -0.3 is 5.32 Å². The maximum Gasteiger partial charge on any atom is 0.417 e. The van der Waals surface area contributed by atoms with Crippen molar-refractivity contribution < 1.29 is 27.2 Å². The number of hydrogen-bond acceptors (Lipinski definition) is 4. The van der Waals surface area contributed by atoms with E-state index in [1.807, 2.05) is 0 Å². The van der Waals surface area contributed by atoms with Crippen molar-refractivity contribution >= 4 is 17.5 Å². The molecule has 1 aliphatic rings. The molecule has 2 aromatic carbocycles. The molecule has 1 N–H and O–H groups in total. The molecular formula is C25H19F4N5O2. The lowest BCUT2D eigenvalue weighted by Crippen LogP contribution is -2.20. The first-order chi connectivity index (χ1) is 17.1. The van der Waals surface area contributed by atoms with Gasteiger partial charge in [0.05, 0.1) is 34.6 Å². The van der Waals surface area contributed by atoms with Crippen LogP contribution in [-0.4, -0.2) is 31.3 Å². The molecule has 5 rings (SSSR count). The summed E-state index contributed by atoms with van der Waals surface area (Å²) in [6, 6.07) is 11.3. The highest BCUT2D eigenvalue weighted by molar-refractivity contribution is 6.05. The molecule has 0 spiro atoms. The Bertz CT molecular complexity index is 1490. The molecule has 184 valence electrons. The molecule has 1 amide bonds. The SMILES string of the molecule is Cn1ccc(-c2cc(C(=O)Nc3c4c(nn3-c3ccccc3)CC(=O)CC4)c(F)cc2C(F)(F)F)n1. The van der Waals surface area contributed by atoms with E-state index in [9.17, 15) is 27.2 Å². The quantitative estimate of drug-likeness (QED) is 0.413. The van der Waals surface area contributed by atoms with Gasteiger partial charge in [-0.05, 0) is 36.8 Å². The predicted molar refractivity (Wildman–Crippen MR) is 122 cm³/mol. The van der Waals surface area contributed by atoms with Crippen LogP contribution in [0.1, 0.15) is 33.6 Å². The maximum atomic E-state index is 14.9. The number of carbonyl (C=O) groups excluding carboxylic acids is 2. The van der Waals surface area contributed by atoms with Crippen LogP contribution in [0.2, 0.25) is 0 Å². The maximum absolute atomic E-state index is 14.9. The van der Waals surface area contributed by atoms with Gasteiger partial charge in [-0.2, -0.15) is 23.4 Å². The molecule has 0 radical (unpaired) electrons. The third-order valence-corrected chi connectivity index (χ3v) is 5.96. The number of aromatic nitrogens is 4. The predicted octanol–water partition coefficient (Wildman–Crippen LogP) is 4.74. The van der Waals surface area contributed by atoms with E-state index in [0.29, 0.717) is 29.4 Å². The standard InChI is InChI=1S/C25H19F4N5O2/c1-33-10-9-21(31-33)17-12-18(20(26)13-19(17)25(27,28)29)24(36)30-23-16-8-7-15(35)11-22(16)32-34(23)14-5-3-2-4-6-14/h2-6,9-10,12-13H,7-8,11H2,1H3,(H,30,36). The molecule has 0 saturated carbocycles. The number of ketones is 1. The zero-order valence-electron chi connectivity index (χ0n) is 18.9. The van der Waals surface area contributed by atoms with Gasteiger partial charge in [0.15, 0.2) is 0 Å². The van der Waals surface area contributed by atoms with E-state index in [1.165, 1.54) is 28.7 Å². The summed E-state index contributed by atoms with van der Waals surface area (Å²) in [4.78, 5) is 25.2. The Morgan fingerprint density at radius 2 is 1.81 bits per heavy atom. The minimum Gasteiger partial charge on any atom is -0.306 e. The van der Waals surface area contributed by atoms with Gasteiger partial charge in [-0.25, -0.2) is 9.07 Å². The molecule has 0 fully saturated rings. The van der Waals surface area contributed by atoms with Crippen molar-refractivity contribution in [3.05, 3.63) is 82.9 Å². The molecule has 4 aromatic rings. The fraction of sp³-hybridized carbons (Fsp3) is 0.200. The van der Waals surface area contributed by atoms with Crippen molar-refractivity contribution in [2.75, 3.05) is 5.32 Å². The smallest absolute Gasteiger partial charge is 0.306 e. The Morgan fingerprint density at radius 3 is 2.47 bits per heavy atom. The van der Waals surface area contributed by atoms with Gasteiger partial charge in [0.25, 0.3) is 5.91 Å². The molecule has 0 saturated heterocycles. The Balaban J connectivity index is 1.60. The minimum absolute atomic E-state index is 0.00637. The molecule has 1 aliphatic carbocycles. The van der Waals surface area contributed by atoms with E-state index >= 15 is 0 Å². The third kappa shape index (κ3) is 4.28. The normalized spacial score (nSPS) is 13.5. The summed E-state index contributed by atoms with van der Waals surface area (Å²) in [7, 11) is 1.53. The zero-order valence-corrected chi connectivity index (χ0v) is 18.9. The third-order valence-electron chi connectivity index (χ3n) is 5.96. The number of anilines is 1. The minimum atomic E-state index is -4.86. The van der Waals surface area contributed by atoms with Crippen molar-refractivity contribution in [3.8, 4) is 16.9 Å². The van der Waals surface area contributed by atoms with Crippen molar-refractivity contribution in [1.29, 1.82) is 0 Å². The second kappa shape index (κ2) is 8.74. The number of alkyl halides is 3. The van der Waals surface area contributed by atoms with Gasteiger partial charge in [0, 0.05) is 30.8 Å². The lowest BCUT2D eigenvalue weighted by atomic mass is 9.96. The molecule has 36 heavy (non-hydrogen) atoms. The molecule has 0 unspecified atom stereocenters. The molecule has 2 heterocycles. The van der Waals surface area contributed by atoms with E-state index in [4.69, 9.17) is 0 Å². The van der Waals surface area contributed by atoms with Crippen LogP contribution >= 0.6 is 0 Å². The number of aryl methyl sites for hydroxylation is 1. The zero-order chi connectivity index (χ0) is 25.6. The summed E-state index contributed by atoms with van der Waals surface area (Å²) in [5, 5.41) is 11.1. The number of para-hydroxylation sites is 1. The average Bonchev–Trinajstić information content (AvgIpc) is 3.42. The number of hydrogen-bond donors (Lipinski definition) is 1. The van der Waals surface area contributed by atoms with Crippen LogP contribution in [0.15, 0.2) is 54.7 Å². The topological polar surface area (TPSA) is 81.8 Å². The van der Waals surface area contributed by atoms with Gasteiger partial charge in [-0.3, -0.25) is 14.3 Å². The van der Waals surface area contributed by atoms with Gasteiger partial charge in [0.1, 0.15) is 17.4 Å². The van der Waals surface area contributed by atoms with E-state index in [1.54, 1.807) is 30.3 Å². The second-order valence-corrected chi connectivity index (χ2v) is 8.44. The lowest BCUT2D eigenvalue weighted by molar-refractivity contribution is -0.137. The number of amides is 1. The van der Waals surface area contributed by atoms with Crippen LogP contribution < -0.4 is 5.32 Å². The Kier molecular flexibility index (Phi) is 5.70. The number of carbonyl (C=O) groups is 2. The van der Waals surface area contributed by atoms with Crippen molar-refractivity contribution in [3.63, 3.8) is 0 Å². The van der Waals surface area contributed by atoms with Gasteiger partial charge in [-0.15, -0.1) is 0 Å². The Hall–Kier alpha value is -4.28. The molecule has 2 aromatic heterocycles. The van der Waals surface area contributed by atoms with E-state index < -0.39 is 34.6 Å². The monoisotopic (exact) mass is 497 g/mol. The molecule has 7 nitrogen and oxygen atoms in total. The number of nitrogens with zero attached hydrogens (tertiary/aromatic N) is 4. The first-order valence-electron chi connectivity index (χ1n) is 11.0. The number of fused-ring (bicyclic) bond motifs is 1. The largest absolute Gasteiger partial charge is 0.417 e. The summed E-state index contributed by atoms with van der Waals surface area (Å²) in [6.45, 7) is 0. The van der Waals surface area contributed by atoms with Crippen molar-refractivity contribution in [2.24, 2.45) is 7.05 Å². The molecule has 0 atom stereocenters. The number of halogens is 4. The molecule has 0 aliphatic heterocycles. The van der Waals surface area contributed by atoms with Crippen LogP contribution in [0.3, 0.4) is 0 Å². The number of nitrogens with one attached hydrogen (secondary N) is 1. The van der Waals surface area contributed by atoms with E-state index in [-0.39, 0.29) is 30.1 Å². The summed E-state index contributed by atoms with van der Waals surface area (Å²) in [5.74, 6) is -2.02. The van der Waals surface area contributed by atoms with Crippen LogP contribution in [-0.2, 0) is 30.9 Å². The van der Waals surface area contributed by atoms with Crippen molar-refractivity contribution in [2.45, 2.75) is 25.4 Å². The highest BCUT2D eigenvalue weighted by atomic mass is 19.4. The molecular weight excluding hydrogens is 478 g/mol. The average molecular weight is 497 g/mol. The summed E-state index contributed by atoms with van der Waals surface area (Å²) < 4.78 is 58.7. The van der Waals surface area contributed by atoms with Gasteiger partial charge in [-0.1, -0.05) is 18.2 Å². The van der Waals surface area contributed by atoms with E-state index in [2.05, 4.69) is 15.5 Å². The van der Waals surface area contributed by atoms with Crippen LogP contribution in [0.5, 0.6) is 0 Å². The highest BCUT2D eigenvalue weighted by Crippen LogP contribution is 2.38. The number of benzene rings is 2.